The van der Waals surface area contributed by atoms with Crippen LogP contribution >= 0.6 is 11.8 Å². The third-order valence-electron chi connectivity index (χ3n) is 0.593. The van der Waals surface area contributed by atoms with Gasteiger partial charge in [0.25, 0.3) is 0 Å². The number of hydrogen-bond acceptors (Lipinski definition) is 2. The van der Waals surface area contributed by atoms with E-state index in [4.69, 9.17) is 4.74 Å². The van der Waals surface area contributed by atoms with Crippen LogP contribution in [0, 0.1) is 6.61 Å². The standard InChI is InChI=1S/C4H6OS/c1-3-6-4-2-5-1/h1,3-4H2. The second-order valence-corrected chi connectivity index (χ2v) is 2.15. The first-order valence-electron chi connectivity index (χ1n) is 1.92. The number of thioether (sulfide) groups is 1. The highest BCUT2D eigenvalue weighted by atomic mass is 32.2. The minimum absolute atomic E-state index is 0.852. The van der Waals surface area contributed by atoms with Gasteiger partial charge in [0.1, 0.15) is 6.61 Å². The SMILES string of the molecule is [C]1CSCCO1. The first-order chi connectivity index (χ1) is 3.00. The summed E-state index contributed by atoms with van der Waals surface area (Å²) in [6, 6.07) is 0. The van der Waals surface area contributed by atoms with Crippen LogP contribution in [-0.2, 0) is 4.74 Å². The molecule has 1 aliphatic rings. The van der Waals surface area contributed by atoms with Crippen molar-refractivity contribution in [1.29, 1.82) is 0 Å². The van der Waals surface area contributed by atoms with Gasteiger partial charge in [-0.1, -0.05) is 0 Å². The predicted molar refractivity (Wildman–Crippen MR) is 26.5 cm³/mol. The second kappa shape index (κ2) is 2.48. The molecule has 0 unspecified atom stereocenters. The lowest BCUT2D eigenvalue weighted by molar-refractivity contribution is 0.220. The van der Waals surface area contributed by atoms with E-state index in [0.717, 1.165) is 18.1 Å². The Bertz CT molecular complexity index is 23.0. The highest BCUT2D eigenvalue weighted by Gasteiger charge is 1.97. The fraction of sp³-hybridized carbons (Fsp3) is 0.750. The van der Waals surface area contributed by atoms with Crippen LogP contribution in [0.25, 0.3) is 0 Å². The highest BCUT2D eigenvalue weighted by molar-refractivity contribution is 7.99. The summed E-state index contributed by atoms with van der Waals surface area (Å²) in [5.74, 6) is 2.08. The maximum atomic E-state index is 4.80. The summed E-state index contributed by atoms with van der Waals surface area (Å²) in [5, 5.41) is 0. The van der Waals surface area contributed by atoms with Crippen LogP contribution in [0.15, 0.2) is 0 Å². The third-order valence-corrected chi connectivity index (χ3v) is 1.37. The molecule has 0 amide bonds. The Morgan fingerprint density at radius 2 is 2.67 bits per heavy atom. The smallest absolute Gasteiger partial charge is 0.142 e. The van der Waals surface area contributed by atoms with Gasteiger partial charge in [-0.2, -0.15) is 11.8 Å². The van der Waals surface area contributed by atoms with Gasteiger partial charge < -0.3 is 4.74 Å². The van der Waals surface area contributed by atoms with Crippen molar-refractivity contribution < 1.29 is 4.74 Å². The molecule has 2 radical (unpaired) electrons. The fourth-order valence-electron chi connectivity index (χ4n) is 0.328. The minimum atomic E-state index is 0.852. The number of ether oxygens (including phenoxy) is 1. The molecular weight excluding hydrogens is 96.1 g/mol. The molecule has 1 heterocycles. The van der Waals surface area contributed by atoms with E-state index in [-0.39, 0.29) is 0 Å². The Kier molecular flexibility index (Phi) is 1.85. The van der Waals surface area contributed by atoms with Gasteiger partial charge in [0.2, 0.25) is 0 Å². The summed E-state index contributed by atoms with van der Waals surface area (Å²) in [7, 11) is 0. The normalized spacial score (nSPS) is 24.0. The Balaban J connectivity index is 2.00. The molecule has 0 aromatic heterocycles. The molecule has 1 saturated heterocycles. The zero-order chi connectivity index (χ0) is 4.24. The van der Waals surface area contributed by atoms with Gasteiger partial charge >= 0.3 is 0 Å². The summed E-state index contributed by atoms with van der Waals surface area (Å²) in [6.07, 6.45) is 0. The first kappa shape index (κ1) is 4.47. The van der Waals surface area contributed by atoms with Gasteiger partial charge in [0, 0.05) is 11.5 Å². The monoisotopic (exact) mass is 102 g/mol. The Labute approximate surface area is 42.1 Å². The van der Waals surface area contributed by atoms with Crippen molar-refractivity contribution in [3.05, 3.63) is 6.61 Å². The maximum Gasteiger partial charge on any atom is 0.142 e. The van der Waals surface area contributed by atoms with E-state index in [1.165, 1.54) is 0 Å². The molecule has 34 valence electrons. The van der Waals surface area contributed by atoms with Crippen molar-refractivity contribution in [3.63, 3.8) is 0 Å². The van der Waals surface area contributed by atoms with Crippen molar-refractivity contribution in [3.8, 4) is 0 Å². The molecule has 1 aliphatic heterocycles. The molecule has 0 aliphatic carbocycles. The van der Waals surface area contributed by atoms with Gasteiger partial charge in [-0.15, -0.1) is 0 Å². The van der Waals surface area contributed by atoms with E-state index >= 15 is 0 Å². The van der Waals surface area contributed by atoms with Crippen molar-refractivity contribution in [2.45, 2.75) is 0 Å². The highest BCUT2D eigenvalue weighted by Crippen LogP contribution is 2.07. The summed E-state index contributed by atoms with van der Waals surface area (Å²) >= 11 is 1.86. The summed E-state index contributed by atoms with van der Waals surface area (Å²) in [4.78, 5) is 0. The van der Waals surface area contributed by atoms with Crippen molar-refractivity contribution >= 4 is 11.8 Å². The van der Waals surface area contributed by atoms with Crippen molar-refractivity contribution in [2.75, 3.05) is 18.1 Å². The Morgan fingerprint density at radius 1 is 1.67 bits per heavy atom. The maximum absolute atomic E-state index is 4.80. The lowest BCUT2D eigenvalue weighted by Crippen LogP contribution is -2.03. The van der Waals surface area contributed by atoms with Gasteiger partial charge in [0.05, 0.1) is 6.61 Å². The molecule has 0 N–H and O–H groups in total. The summed E-state index contributed by atoms with van der Waals surface area (Å²) < 4.78 is 4.80. The quantitative estimate of drug-likeness (QED) is 0.447. The molecule has 0 atom stereocenters. The molecule has 0 spiro atoms. The number of hydrogen-bond donors (Lipinski definition) is 0. The van der Waals surface area contributed by atoms with Crippen LogP contribution in [-0.4, -0.2) is 18.1 Å². The lowest BCUT2D eigenvalue weighted by atomic mass is 10.8. The molecule has 0 aromatic rings. The summed E-state index contributed by atoms with van der Waals surface area (Å²) in [5.41, 5.74) is 0. The molecule has 1 fully saturated rings. The van der Waals surface area contributed by atoms with E-state index in [0.29, 0.717) is 0 Å². The van der Waals surface area contributed by atoms with E-state index < -0.39 is 0 Å². The largest absolute Gasteiger partial charge is 0.367 e. The second-order valence-electron chi connectivity index (χ2n) is 1.05. The molecule has 6 heavy (non-hydrogen) atoms. The van der Waals surface area contributed by atoms with E-state index in [1.54, 1.807) is 0 Å². The molecular formula is C4H6OS. The Hall–Kier alpha value is 0.310. The van der Waals surface area contributed by atoms with Crippen LogP contribution in [0.5, 0.6) is 0 Å². The average molecular weight is 102 g/mol. The van der Waals surface area contributed by atoms with Crippen LogP contribution in [0.3, 0.4) is 0 Å². The van der Waals surface area contributed by atoms with Crippen LogP contribution < -0.4 is 0 Å². The lowest BCUT2D eigenvalue weighted by Gasteiger charge is -2.06. The molecule has 0 aromatic carbocycles. The Morgan fingerprint density at radius 3 is 2.83 bits per heavy atom. The fourth-order valence-corrected chi connectivity index (χ4v) is 0.840. The average Bonchev–Trinajstić information content (AvgIpc) is 1.72. The molecule has 0 bridgehead atoms. The molecule has 1 nitrogen and oxygen atoms in total. The van der Waals surface area contributed by atoms with Crippen molar-refractivity contribution in [2.24, 2.45) is 0 Å². The minimum Gasteiger partial charge on any atom is -0.367 e. The predicted octanol–water partition coefficient (Wildman–Crippen LogP) is 0.789. The topological polar surface area (TPSA) is 9.23 Å². The number of rotatable bonds is 0. The third kappa shape index (κ3) is 1.19. The van der Waals surface area contributed by atoms with Gasteiger partial charge in [-0.3, -0.25) is 0 Å². The van der Waals surface area contributed by atoms with Crippen molar-refractivity contribution in [1.82, 2.24) is 0 Å². The molecule has 1 rings (SSSR count). The van der Waals surface area contributed by atoms with E-state index in [2.05, 4.69) is 6.61 Å². The van der Waals surface area contributed by atoms with E-state index in [9.17, 15) is 0 Å². The van der Waals surface area contributed by atoms with Crippen LogP contribution in [0.2, 0.25) is 0 Å². The summed E-state index contributed by atoms with van der Waals surface area (Å²) in [6.45, 7) is 3.60. The van der Waals surface area contributed by atoms with E-state index in [1.807, 2.05) is 11.8 Å². The van der Waals surface area contributed by atoms with Crippen LogP contribution in [0.4, 0.5) is 0 Å². The molecule has 2 heteroatoms. The van der Waals surface area contributed by atoms with Gasteiger partial charge in [-0.05, 0) is 0 Å². The first-order valence-corrected chi connectivity index (χ1v) is 3.08. The van der Waals surface area contributed by atoms with Gasteiger partial charge in [0.15, 0.2) is 0 Å². The zero-order valence-corrected chi connectivity index (χ0v) is 4.25. The van der Waals surface area contributed by atoms with Gasteiger partial charge in [-0.25, -0.2) is 0 Å². The van der Waals surface area contributed by atoms with Crippen LogP contribution in [0.1, 0.15) is 0 Å². The zero-order valence-electron chi connectivity index (χ0n) is 3.44. The molecule has 0 saturated carbocycles.